The van der Waals surface area contributed by atoms with Crippen LogP contribution >= 0.6 is 0 Å². The molecule has 4 nitrogen and oxygen atoms in total. The molecule has 2 rings (SSSR count). The molecule has 110 valence electrons. The Balaban J connectivity index is 2.07. The second-order valence-corrected chi connectivity index (χ2v) is 6.36. The zero-order valence-electron chi connectivity index (χ0n) is 12.8. The molecule has 1 aliphatic rings. The van der Waals surface area contributed by atoms with Crippen molar-refractivity contribution in [3.8, 4) is 0 Å². The molecule has 0 bridgehead atoms. The fraction of sp³-hybridized carbons (Fsp3) is 0.562. The molecule has 1 unspecified atom stereocenters. The van der Waals surface area contributed by atoms with Crippen molar-refractivity contribution in [3.05, 3.63) is 29.8 Å². The second-order valence-electron chi connectivity index (χ2n) is 6.36. The van der Waals surface area contributed by atoms with E-state index in [2.05, 4.69) is 0 Å². The van der Waals surface area contributed by atoms with Crippen LogP contribution in [-0.4, -0.2) is 47.7 Å². The van der Waals surface area contributed by atoms with Crippen LogP contribution in [0.5, 0.6) is 0 Å². The summed E-state index contributed by atoms with van der Waals surface area (Å²) in [6.07, 6.45) is 0.805. The Hall–Kier alpha value is -1.39. The van der Waals surface area contributed by atoms with Gasteiger partial charge in [-0.2, -0.15) is 0 Å². The van der Waals surface area contributed by atoms with Crippen LogP contribution in [-0.2, 0) is 4.79 Å². The molecule has 1 N–H and O–H groups in total. The molecule has 1 aliphatic heterocycles. The van der Waals surface area contributed by atoms with Crippen LogP contribution in [0.15, 0.2) is 24.3 Å². The monoisotopic (exact) mass is 276 g/mol. The molecule has 1 atom stereocenters. The number of nitrogens with zero attached hydrogens (tertiary/aromatic N) is 2. The third-order valence-electron chi connectivity index (χ3n) is 3.69. The Morgan fingerprint density at radius 1 is 1.35 bits per heavy atom. The number of hydrogen-bond donors (Lipinski definition) is 1. The molecular weight excluding hydrogens is 252 g/mol. The molecule has 0 aliphatic carbocycles. The summed E-state index contributed by atoms with van der Waals surface area (Å²) in [5, 5.41) is 9.88. The lowest BCUT2D eigenvalue weighted by Gasteiger charge is -2.29. The molecule has 20 heavy (non-hydrogen) atoms. The predicted molar refractivity (Wildman–Crippen MR) is 80.9 cm³/mol. The quantitative estimate of drug-likeness (QED) is 0.912. The van der Waals surface area contributed by atoms with Crippen molar-refractivity contribution >= 4 is 11.6 Å². The summed E-state index contributed by atoms with van der Waals surface area (Å²) in [5.41, 5.74) is 1.36. The number of aryl methyl sites for hydroxylation is 1. The summed E-state index contributed by atoms with van der Waals surface area (Å²) >= 11 is 0. The number of aliphatic hydroxyl groups is 1. The fourth-order valence-corrected chi connectivity index (χ4v) is 2.78. The van der Waals surface area contributed by atoms with Crippen molar-refractivity contribution in [3.63, 3.8) is 0 Å². The Bertz CT molecular complexity index is 476. The van der Waals surface area contributed by atoms with Crippen LogP contribution in [0.2, 0.25) is 0 Å². The maximum atomic E-state index is 12.5. The second kappa shape index (κ2) is 5.54. The molecule has 4 heteroatoms. The van der Waals surface area contributed by atoms with Crippen molar-refractivity contribution < 1.29 is 9.90 Å². The van der Waals surface area contributed by atoms with E-state index in [-0.39, 0.29) is 11.9 Å². The highest BCUT2D eigenvalue weighted by molar-refractivity contribution is 5.99. The van der Waals surface area contributed by atoms with E-state index in [1.54, 1.807) is 13.8 Å². The van der Waals surface area contributed by atoms with E-state index in [0.717, 1.165) is 18.7 Å². The van der Waals surface area contributed by atoms with Gasteiger partial charge >= 0.3 is 0 Å². The number of likely N-dealkylation sites (N-methyl/N-ethyl adjacent to an activating group) is 1. The van der Waals surface area contributed by atoms with E-state index in [0.29, 0.717) is 6.54 Å². The summed E-state index contributed by atoms with van der Waals surface area (Å²) in [5.74, 6) is 0.126. The fourth-order valence-electron chi connectivity index (χ4n) is 2.78. The van der Waals surface area contributed by atoms with Crippen molar-refractivity contribution in [2.45, 2.75) is 38.8 Å². The normalized spacial score (nSPS) is 20.0. The first-order chi connectivity index (χ1) is 9.28. The first-order valence-corrected chi connectivity index (χ1v) is 7.08. The van der Waals surface area contributed by atoms with Gasteiger partial charge in [-0.25, -0.2) is 0 Å². The zero-order valence-corrected chi connectivity index (χ0v) is 12.8. The van der Waals surface area contributed by atoms with Crippen LogP contribution in [0.4, 0.5) is 5.69 Å². The number of anilines is 1. The lowest BCUT2D eigenvalue weighted by atomic mass is 10.1. The van der Waals surface area contributed by atoms with E-state index < -0.39 is 5.60 Å². The standard InChI is InChI=1S/C16H24N2O2/c1-12-5-7-13(8-6-12)18-10-9-14(15(18)19)17(4)11-16(2,3)20/h5-8,14,20H,9-11H2,1-4H3. The summed E-state index contributed by atoms with van der Waals surface area (Å²) in [6.45, 7) is 6.80. The molecule has 1 aromatic carbocycles. The molecule has 1 amide bonds. The smallest absolute Gasteiger partial charge is 0.244 e. The summed E-state index contributed by atoms with van der Waals surface area (Å²) in [4.78, 5) is 16.3. The van der Waals surface area contributed by atoms with Gasteiger partial charge in [-0.05, 0) is 46.4 Å². The topological polar surface area (TPSA) is 43.8 Å². The minimum absolute atomic E-state index is 0.126. The minimum atomic E-state index is -0.785. The van der Waals surface area contributed by atoms with E-state index in [1.165, 1.54) is 5.56 Å². The highest BCUT2D eigenvalue weighted by atomic mass is 16.3. The van der Waals surface area contributed by atoms with Gasteiger partial charge in [-0.3, -0.25) is 9.69 Å². The van der Waals surface area contributed by atoms with Crippen molar-refractivity contribution in [2.75, 3.05) is 25.0 Å². The van der Waals surface area contributed by atoms with Crippen molar-refractivity contribution in [2.24, 2.45) is 0 Å². The highest BCUT2D eigenvalue weighted by Crippen LogP contribution is 2.24. The number of rotatable bonds is 4. The maximum absolute atomic E-state index is 12.5. The Labute approximate surface area is 121 Å². The Morgan fingerprint density at radius 2 is 1.95 bits per heavy atom. The average Bonchev–Trinajstić information content (AvgIpc) is 2.70. The van der Waals surface area contributed by atoms with Crippen LogP contribution < -0.4 is 4.90 Å². The van der Waals surface area contributed by atoms with Gasteiger partial charge in [0.2, 0.25) is 5.91 Å². The molecular formula is C16H24N2O2. The van der Waals surface area contributed by atoms with E-state index in [9.17, 15) is 9.90 Å². The lowest BCUT2D eigenvalue weighted by Crippen LogP contribution is -2.45. The number of carbonyl (C=O) groups excluding carboxylic acids is 1. The predicted octanol–water partition coefficient (Wildman–Crippen LogP) is 1.80. The Kier molecular flexibility index (Phi) is 4.16. The van der Waals surface area contributed by atoms with Gasteiger partial charge < -0.3 is 10.0 Å². The number of benzene rings is 1. The van der Waals surface area contributed by atoms with Crippen LogP contribution in [0, 0.1) is 6.92 Å². The van der Waals surface area contributed by atoms with Crippen LogP contribution in [0.1, 0.15) is 25.8 Å². The number of carbonyl (C=O) groups is 1. The molecule has 0 radical (unpaired) electrons. The van der Waals surface area contributed by atoms with Gasteiger partial charge in [0.25, 0.3) is 0 Å². The SMILES string of the molecule is Cc1ccc(N2CCC(N(C)CC(C)(C)O)C2=O)cc1. The molecule has 1 aromatic rings. The number of hydrogen-bond acceptors (Lipinski definition) is 3. The summed E-state index contributed by atoms with van der Waals surface area (Å²) < 4.78 is 0. The molecule has 0 aromatic heterocycles. The van der Waals surface area contributed by atoms with Crippen molar-refractivity contribution in [1.82, 2.24) is 4.90 Å². The van der Waals surface area contributed by atoms with E-state index in [4.69, 9.17) is 0 Å². The van der Waals surface area contributed by atoms with Crippen LogP contribution in [0.3, 0.4) is 0 Å². The van der Waals surface area contributed by atoms with E-state index >= 15 is 0 Å². The van der Waals surface area contributed by atoms with Gasteiger partial charge in [-0.15, -0.1) is 0 Å². The maximum Gasteiger partial charge on any atom is 0.244 e. The summed E-state index contributed by atoms with van der Waals surface area (Å²) in [7, 11) is 1.90. The molecule has 0 saturated carbocycles. The summed E-state index contributed by atoms with van der Waals surface area (Å²) in [6, 6.07) is 7.90. The molecule has 1 heterocycles. The van der Waals surface area contributed by atoms with Gasteiger partial charge in [0, 0.05) is 18.8 Å². The third kappa shape index (κ3) is 3.38. The van der Waals surface area contributed by atoms with Gasteiger partial charge in [-0.1, -0.05) is 17.7 Å². The third-order valence-corrected chi connectivity index (χ3v) is 3.69. The number of amides is 1. The minimum Gasteiger partial charge on any atom is -0.389 e. The van der Waals surface area contributed by atoms with Gasteiger partial charge in [0.05, 0.1) is 11.6 Å². The van der Waals surface area contributed by atoms with Crippen LogP contribution in [0.25, 0.3) is 0 Å². The van der Waals surface area contributed by atoms with Gasteiger partial charge in [0.15, 0.2) is 0 Å². The first-order valence-electron chi connectivity index (χ1n) is 7.08. The first kappa shape index (κ1) is 15.0. The van der Waals surface area contributed by atoms with Crippen molar-refractivity contribution in [1.29, 1.82) is 0 Å². The zero-order chi connectivity index (χ0) is 14.9. The average molecular weight is 276 g/mol. The molecule has 1 fully saturated rings. The Morgan fingerprint density at radius 3 is 2.50 bits per heavy atom. The van der Waals surface area contributed by atoms with E-state index in [1.807, 2.05) is 48.0 Å². The largest absolute Gasteiger partial charge is 0.389 e. The highest BCUT2D eigenvalue weighted by Gasteiger charge is 2.36. The lowest BCUT2D eigenvalue weighted by molar-refractivity contribution is -0.122. The molecule has 0 spiro atoms. The molecule has 1 saturated heterocycles. The van der Waals surface area contributed by atoms with Gasteiger partial charge in [0.1, 0.15) is 0 Å².